The van der Waals surface area contributed by atoms with E-state index in [1.165, 1.54) is 0 Å². The first kappa shape index (κ1) is 9.51. The Labute approximate surface area is 87.8 Å². The molecule has 0 bridgehead atoms. The first-order chi connectivity index (χ1) is 7.25. The molecule has 0 saturated carbocycles. The van der Waals surface area contributed by atoms with Crippen LogP contribution < -0.4 is 11.1 Å². The number of nitrogens with zero attached hydrogens (tertiary/aromatic N) is 2. The third kappa shape index (κ3) is 2.25. The number of imidazole rings is 1. The molecule has 0 amide bonds. The number of aromatic nitrogens is 3. The molecule has 0 aromatic carbocycles. The van der Waals surface area contributed by atoms with Crippen molar-refractivity contribution in [2.24, 2.45) is 0 Å². The number of pyridine rings is 1. The maximum absolute atomic E-state index is 5.77. The summed E-state index contributed by atoms with van der Waals surface area (Å²) in [6, 6.07) is 1.83. The monoisotopic (exact) mass is 203 g/mol. The van der Waals surface area contributed by atoms with Crippen LogP contribution in [0.2, 0.25) is 0 Å². The molecule has 0 radical (unpaired) electrons. The topological polar surface area (TPSA) is 79.6 Å². The first-order valence-electron chi connectivity index (χ1n) is 4.69. The number of aromatic amines is 1. The molecule has 0 aliphatic rings. The van der Waals surface area contributed by atoms with Crippen molar-refractivity contribution < 1.29 is 0 Å². The van der Waals surface area contributed by atoms with E-state index in [1.54, 1.807) is 18.7 Å². The molecule has 0 saturated heterocycles. The Morgan fingerprint density at radius 1 is 1.47 bits per heavy atom. The minimum Gasteiger partial charge on any atom is -0.398 e. The first-order valence-corrected chi connectivity index (χ1v) is 4.69. The molecule has 0 aliphatic carbocycles. The van der Waals surface area contributed by atoms with Crippen LogP contribution in [0.5, 0.6) is 0 Å². The molecular formula is C10H13N5. The summed E-state index contributed by atoms with van der Waals surface area (Å²) in [6.45, 7) is 2.59. The number of rotatable bonds is 3. The van der Waals surface area contributed by atoms with Gasteiger partial charge in [-0.05, 0) is 12.5 Å². The average molecular weight is 203 g/mol. The Bertz CT molecular complexity index is 435. The predicted molar refractivity (Wildman–Crippen MR) is 59.3 cm³/mol. The smallest absolute Gasteiger partial charge is 0.128 e. The summed E-state index contributed by atoms with van der Waals surface area (Å²) in [5, 5.41) is 3.15. The van der Waals surface area contributed by atoms with Gasteiger partial charge in [0, 0.05) is 24.1 Å². The van der Waals surface area contributed by atoms with Crippen LogP contribution in [0.1, 0.15) is 11.3 Å². The molecule has 0 aliphatic heterocycles. The standard InChI is InChI=1S/C10H13N5/c1-7-3-13-10(2-9(7)11)14-5-8-4-12-6-15-8/h2-4,6H,5H2,1H3,(H,12,15)(H3,11,13,14). The van der Waals surface area contributed by atoms with Crippen LogP contribution in [-0.2, 0) is 6.54 Å². The van der Waals surface area contributed by atoms with Gasteiger partial charge in [0.05, 0.1) is 18.6 Å². The molecule has 0 fully saturated rings. The van der Waals surface area contributed by atoms with Crippen molar-refractivity contribution in [3.63, 3.8) is 0 Å². The number of nitrogens with one attached hydrogen (secondary N) is 2. The number of nitrogens with two attached hydrogens (primary N) is 1. The van der Waals surface area contributed by atoms with Gasteiger partial charge in [0.2, 0.25) is 0 Å². The number of hydrogen-bond donors (Lipinski definition) is 3. The second kappa shape index (κ2) is 4.00. The molecule has 2 aromatic heterocycles. The van der Waals surface area contributed by atoms with Crippen molar-refractivity contribution in [3.8, 4) is 0 Å². The Morgan fingerprint density at radius 2 is 2.33 bits per heavy atom. The summed E-state index contributed by atoms with van der Waals surface area (Å²) >= 11 is 0. The Morgan fingerprint density at radius 3 is 3.00 bits per heavy atom. The Hall–Kier alpha value is -2.04. The van der Waals surface area contributed by atoms with Gasteiger partial charge < -0.3 is 16.0 Å². The highest BCUT2D eigenvalue weighted by molar-refractivity contribution is 5.53. The number of hydrogen-bond acceptors (Lipinski definition) is 4. The zero-order valence-electron chi connectivity index (χ0n) is 8.49. The third-order valence-corrected chi connectivity index (χ3v) is 2.16. The van der Waals surface area contributed by atoms with E-state index in [-0.39, 0.29) is 0 Å². The molecular weight excluding hydrogens is 190 g/mol. The summed E-state index contributed by atoms with van der Waals surface area (Å²) in [7, 11) is 0. The van der Waals surface area contributed by atoms with Gasteiger partial charge in [-0.2, -0.15) is 0 Å². The van der Waals surface area contributed by atoms with Crippen molar-refractivity contribution in [2.45, 2.75) is 13.5 Å². The van der Waals surface area contributed by atoms with E-state index in [4.69, 9.17) is 5.73 Å². The van der Waals surface area contributed by atoms with Crippen molar-refractivity contribution in [2.75, 3.05) is 11.1 Å². The SMILES string of the molecule is Cc1cnc(NCc2cnc[nH]2)cc1N. The second-order valence-electron chi connectivity index (χ2n) is 3.36. The van der Waals surface area contributed by atoms with Gasteiger partial charge in [0.15, 0.2) is 0 Å². The highest BCUT2D eigenvalue weighted by Gasteiger charge is 1.98. The minimum atomic E-state index is 0.662. The zero-order chi connectivity index (χ0) is 10.7. The van der Waals surface area contributed by atoms with Gasteiger partial charge in [0.1, 0.15) is 5.82 Å². The molecule has 2 rings (SSSR count). The summed E-state index contributed by atoms with van der Waals surface area (Å²) in [4.78, 5) is 11.1. The highest BCUT2D eigenvalue weighted by atomic mass is 15.0. The fourth-order valence-electron chi connectivity index (χ4n) is 1.20. The van der Waals surface area contributed by atoms with E-state index in [1.807, 2.05) is 13.0 Å². The van der Waals surface area contributed by atoms with E-state index in [9.17, 15) is 0 Å². The number of nitrogen functional groups attached to an aromatic ring is 1. The van der Waals surface area contributed by atoms with Gasteiger partial charge in [0.25, 0.3) is 0 Å². The average Bonchev–Trinajstić information content (AvgIpc) is 2.73. The van der Waals surface area contributed by atoms with Crippen LogP contribution in [-0.4, -0.2) is 15.0 Å². The van der Waals surface area contributed by atoms with E-state index in [0.29, 0.717) is 6.54 Å². The Balaban J connectivity index is 2.02. The molecule has 0 spiro atoms. The summed E-state index contributed by atoms with van der Waals surface area (Å²) in [6.07, 6.45) is 5.17. The lowest BCUT2D eigenvalue weighted by molar-refractivity contribution is 1.05. The Kier molecular flexibility index (Phi) is 2.53. The molecule has 78 valence electrons. The largest absolute Gasteiger partial charge is 0.398 e. The van der Waals surface area contributed by atoms with E-state index >= 15 is 0 Å². The normalized spacial score (nSPS) is 10.2. The molecule has 0 unspecified atom stereocenters. The van der Waals surface area contributed by atoms with Crippen LogP contribution in [0, 0.1) is 6.92 Å². The lowest BCUT2D eigenvalue weighted by atomic mass is 10.2. The zero-order valence-corrected chi connectivity index (χ0v) is 8.49. The van der Waals surface area contributed by atoms with Gasteiger partial charge in [-0.15, -0.1) is 0 Å². The molecule has 5 heteroatoms. The van der Waals surface area contributed by atoms with E-state index in [2.05, 4.69) is 20.3 Å². The molecule has 15 heavy (non-hydrogen) atoms. The van der Waals surface area contributed by atoms with Crippen molar-refractivity contribution in [3.05, 3.63) is 36.0 Å². The lowest BCUT2D eigenvalue weighted by Gasteiger charge is -2.05. The maximum Gasteiger partial charge on any atom is 0.128 e. The number of anilines is 2. The summed E-state index contributed by atoms with van der Waals surface area (Å²) in [5.74, 6) is 0.771. The number of H-pyrrole nitrogens is 1. The molecule has 2 aromatic rings. The maximum atomic E-state index is 5.77. The van der Waals surface area contributed by atoms with Gasteiger partial charge in [-0.1, -0.05) is 0 Å². The third-order valence-electron chi connectivity index (χ3n) is 2.16. The molecule has 4 N–H and O–H groups in total. The van der Waals surface area contributed by atoms with Gasteiger partial charge in [-0.3, -0.25) is 0 Å². The van der Waals surface area contributed by atoms with Crippen molar-refractivity contribution in [1.29, 1.82) is 0 Å². The van der Waals surface area contributed by atoms with Crippen LogP contribution in [0.3, 0.4) is 0 Å². The molecule has 2 heterocycles. The second-order valence-corrected chi connectivity index (χ2v) is 3.36. The van der Waals surface area contributed by atoms with Gasteiger partial charge >= 0.3 is 0 Å². The summed E-state index contributed by atoms with van der Waals surface area (Å²) < 4.78 is 0. The fraction of sp³-hybridized carbons (Fsp3) is 0.200. The highest BCUT2D eigenvalue weighted by Crippen LogP contribution is 2.13. The van der Waals surface area contributed by atoms with E-state index in [0.717, 1.165) is 22.8 Å². The lowest BCUT2D eigenvalue weighted by Crippen LogP contribution is -2.02. The van der Waals surface area contributed by atoms with Crippen LogP contribution in [0.25, 0.3) is 0 Å². The molecule has 0 atom stereocenters. The van der Waals surface area contributed by atoms with E-state index < -0.39 is 0 Å². The fourth-order valence-corrected chi connectivity index (χ4v) is 1.20. The number of aryl methyl sites for hydroxylation is 1. The van der Waals surface area contributed by atoms with Crippen LogP contribution >= 0.6 is 0 Å². The van der Waals surface area contributed by atoms with Gasteiger partial charge in [-0.25, -0.2) is 9.97 Å². The quantitative estimate of drug-likeness (QED) is 0.702. The van der Waals surface area contributed by atoms with Crippen molar-refractivity contribution in [1.82, 2.24) is 15.0 Å². The summed E-state index contributed by atoms with van der Waals surface area (Å²) in [5.41, 5.74) is 8.51. The molecule has 5 nitrogen and oxygen atoms in total. The predicted octanol–water partition coefficient (Wildman–Crippen LogP) is 1.31. The van der Waals surface area contributed by atoms with Crippen LogP contribution in [0.4, 0.5) is 11.5 Å². The van der Waals surface area contributed by atoms with Crippen LogP contribution in [0.15, 0.2) is 24.8 Å². The minimum absolute atomic E-state index is 0.662. The van der Waals surface area contributed by atoms with Crippen molar-refractivity contribution >= 4 is 11.5 Å².